The van der Waals surface area contributed by atoms with E-state index in [4.69, 9.17) is 10.2 Å². The molecule has 0 aliphatic carbocycles. The van der Waals surface area contributed by atoms with Crippen molar-refractivity contribution in [2.75, 3.05) is 18.4 Å². The Bertz CT molecular complexity index is 1360. The van der Waals surface area contributed by atoms with Gasteiger partial charge in [0.2, 0.25) is 21.7 Å². The molecule has 3 N–H and O–H groups in total. The van der Waals surface area contributed by atoms with Gasteiger partial charge in [-0.05, 0) is 37.1 Å². The number of alkyl halides is 3. The van der Waals surface area contributed by atoms with Crippen LogP contribution < -0.4 is 11.1 Å². The van der Waals surface area contributed by atoms with Gasteiger partial charge in [-0.1, -0.05) is 24.3 Å². The summed E-state index contributed by atoms with van der Waals surface area (Å²) in [6, 6.07) is 10.6. The molecule has 1 aliphatic rings. The number of hydrogen-bond acceptors (Lipinski definition) is 5. The standard InChI is InChI=1S/C22H20F3N3O5S/c23-22(24,25)15-6-2-4-8-17(15)34(31,32)28-11-9-13(10-12-28)21(30)27-18-14-5-1-3-7-16(14)33-19(18)20(26)29/h1-8,13H,9-12H2,(H2,26,29)(H,27,30). The SMILES string of the molecule is NC(=O)c1oc2ccccc2c1NC(=O)C1CCN(S(=O)(=O)c2ccccc2C(F)(F)F)CC1. The van der Waals surface area contributed by atoms with Gasteiger partial charge in [-0.2, -0.15) is 17.5 Å². The summed E-state index contributed by atoms with van der Waals surface area (Å²) in [6.07, 6.45) is -4.66. The maximum absolute atomic E-state index is 13.3. The number of hydrogen-bond donors (Lipinski definition) is 2. The highest BCUT2D eigenvalue weighted by atomic mass is 32.2. The zero-order valence-electron chi connectivity index (χ0n) is 17.6. The fourth-order valence-corrected chi connectivity index (χ4v) is 5.67. The largest absolute Gasteiger partial charge is 0.449 e. The fraction of sp³-hybridized carbons (Fsp3) is 0.273. The first-order chi connectivity index (χ1) is 16.0. The number of amides is 2. The second-order valence-electron chi connectivity index (χ2n) is 7.83. The summed E-state index contributed by atoms with van der Waals surface area (Å²) < 4.78 is 72.2. The number of sulfonamides is 1. The third-order valence-corrected chi connectivity index (χ3v) is 7.66. The van der Waals surface area contributed by atoms with Crippen LogP contribution in [0.15, 0.2) is 57.8 Å². The second-order valence-corrected chi connectivity index (χ2v) is 9.73. The summed E-state index contributed by atoms with van der Waals surface area (Å²) in [5.41, 5.74) is 4.61. The first kappa shape index (κ1) is 23.8. The van der Waals surface area contributed by atoms with E-state index in [-0.39, 0.29) is 37.4 Å². The van der Waals surface area contributed by atoms with Gasteiger partial charge in [0.1, 0.15) is 11.3 Å². The van der Waals surface area contributed by atoms with E-state index in [0.29, 0.717) is 11.0 Å². The number of fused-ring (bicyclic) bond motifs is 1. The molecule has 180 valence electrons. The molecule has 4 rings (SSSR count). The fourth-order valence-electron chi connectivity index (χ4n) is 3.99. The van der Waals surface area contributed by atoms with Crippen LogP contribution in [0.5, 0.6) is 0 Å². The molecule has 8 nitrogen and oxygen atoms in total. The molecule has 2 amide bonds. The van der Waals surface area contributed by atoms with Crippen LogP contribution >= 0.6 is 0 Å². The van der Waals surface area contributed by atoms with Crippen LogP contribution in [-0.4, -0.2) is 37.6 Å². The number of furan rings is 1. The summed E-state index contributed by atoms with van der Waals surface area (Å²) in [6.45, 7) is -0.275. The lowest BCUT2D eigenvalue weighted by Crippen LogP contribution is -2.42. The highest BCUT2D eigenvalue weighted by Crippen LogP contribution is 2.36. The Kier molecular flexibility index (Phi) is 6.13. The molecule has 1 saturated heterocycles. The minimum absolute atomic E-state index is 0.0843. The second kappa shape index (κ2) is 8.76. The summed E-state index contributed by atoms with van der Waals surface area (Å²) >= 11 is 0. The average Bonchev–Trinajstić information content (AvgIpc) is 3.17. The van der Waals surface area contributed by atoms with Gasteiger partial charge in [0.25, 0.3) is 5.91 Å². The minimum Gasteiger partial charge on any atom is -0.449 e. The zero-order chi connectivity index (χ0) is 24.7. The normalized spacial score (nSPS) is 16.0. The number of nitrogens with two attached hydrogens (primary N) is 1. The quantitative estimate of drug-likeness (QED) is 0.560. The Balaban J connectivity index is 1.50. The van der Waals surface area contributed by atoms with Crippen LogP contribution in [0.25, 0.3) is 11.0 Å². The summed E-state index contributed by atoms with van der Waals surface area (Å²) in [4.78, 5) is 23.8. The van der Waals surface area contributed by atoms with E-state index in [9.17, 15) is 31.2 Å². The number of nitrogens with zero attached hydrogens (tertiary/aromatic N) is 1. The molecular weight excluding hydrogens is 475 g/mol. The molecule has 0 unspecified atom stereocenters. The number of benzene rings is 2. The first-order valence-electron chi connectivity index (χ1n) is 10.3. The van der Waals surface area contributed by atoms with E-state index in [1.54, 1.807) is 24.3 Å². The molecule has 34 heavy (non-hydrogen) atoms. The predicted molar refractivity (Wildman–Crippen MR) is 116 cm³/mol. The van der Waals surface area contributed by atoms with E-state index in [2.05, 4.69) is 5.32 Å². The van der Waals surface area contributed by atoms with Gasteiger partial charge in [-0.15, -0.1) is 0 Å². The van der Waals surface area contributed by atoms with E-state index in [1.165, 1.54) is 6.07 Å². The third-order valence-electron chi connectivity index (χ3n) is 5.70. The molecule has 0 radical (unpaired) electrons. The van der Waals surface area contributed by atoms with Crippen LogP contribution in [0.4, 0.5) is 18.9 Å². The van der Waals surface area contributed by atoms with E-state index >= 15 is 0 Å². The van der Waals surface area contributed by atoms with Crippen LogP contribution in [0.2, 0.25) is 0 Å². The number of primary amides is 1. The first-order valence-corrected chi connectivity index (χ1v) is 11.7. The number of carbonyl (C=O) groups is 2. The predicted octanol–water partition coefficient (Wildman–Crippen LogP) is 3.59. The van der Waals surface area contributed by atoms with Gasteiger partial charge >= 0.3 is 6.18 Å². The smallest absolute Gasteiger partial charge is 0.417 e. The zero-order valence-corrected chi connectivity index (χ0v) is 18.4. The van der Waals surface area contributed by atoms with Gasteiger partial charge in [0, 0.05) is 24.4 Å². The minimum atomic E-state index is -4.83. The Morgan fingerprint density at radius 2 is 1.65 bits per heavy atom. The number of piperidine rings is 1. The monoisotopic (exact) mass is 495 g/mol. The number of carbonyl (C=O) groups excluding carboxylic acids is 2. The number of para-hydroxylation sites is 1. The lowest BCUT2D eigenvalue weighted by atomic mass is 9.97. The summed E-state index contributed by atoms with van der Waals surface area (Å²) in [7, 11) is -4.42. The van der Waals surface area contributed by atoms with Crippen molar-refractivity contribution in [3.05, 3.63) is 59.9 Å². The van der Waals surface area contributed by atoms with E-state index in [1.807, 2.05) is 0 Å². The molecule has 1 aromatic heterocycles. The molecular formula is C22H20F3N3O5S. The lowest BCUT2D eigenvalue weighted by molar-refractivity contribution is -0.139. The van der Waals surface area contributed by atoms with Gasteiger partial charge in [0.05, 0.1) is 10.5 Å². The van der Waals surface area contributed by atoms with Crippen molar-refractivity contribution in [1.82, 2.24) is 4.31 Å². The lowest BCUT2D eigenvalue weighted by Gasteiger charge is -2.31. The van der Waals surface area contributed by atoms with Crippen molar-refractivity contribution in [3.63, 3.8) is 0 Å². The summed E-state index contributed by atoms with van der Waals surface area (Å²) in [5, 5.41) is 3.13. The van der Waals surface area contributed by atoms with Crippen molar-refractivity contribution in [2.24, 2.45) is 11.7 Å². The topological polar surface area (TPSA) is 123 Å². The van der Waals surface area contributed by atoms with Crippen molar-refractivity contribution in [1.29, 1.82) is 0 Å². The van der Waals surface area contributed by atoms with Crippen LogP contribution in [0, 0.1) is 5.92 Å². The Labute approximate surface area is 192 Å². The van der Waals surface area contributed by atoms with Gasteiger partial charge < -0.3 is 15.5 Å². The highest BCUT2D eigenvalue weighted by molar-refractivity contribution is 7.89. The highest BCUT2D eigenvalue weighted by Gasteiger charge is 2.40. The van der Waals surface area contributed by atoms with E-state index < -0.39 is 44.4 Å². The maximum atomic E-state index is 13.3. The molecule has 1 aliphatic heterocycles. The van der Waals surface area contributed by atoms with E-state index in [0.717, 1.165) is 22.5 Å². The Morgan fingerprint density at radius 3 is 2.29 bits per heavy atom. The van der Waals surface area contributed by atoms with Crippen molar-refractivity contribution >= 4 is 38.5 Å². The maximum Gasteiger partial charge on any atom is 0.417 e. The van der Waals surface area contributed by atoms with Gasteiger partial charge in [0.15, 0.2) is 0 Å². The molecule has 2 aromatic carbocycles. The van der Waals surface area contributed by atoms with Gasteiger partial charge in [-0.3, -0.25) is 9.59 Å². The molecule has 2 heterocycles. The van der Waals surface area contributed by atoms with Gasteiger partial charge in [-0.25, -0.2) is 8.42 Å². The number of halogens is 3. The summed E-state index contributed by atoms with van der Waals surface area (Å²) in [5.74, 6) is -2.17. The molecule has 0 bridgehead atoms. The van der Waals surface area contributed by atoms with Crippen molar-refractivity contribution in [3.8, 4) is 0 Å². The number of nitrogens with one attached hydrogen (secondary N) is 1. The molecule has 0 spiro atoms. The number of anilines is 1. The van der Waals surface area contributed by atoms with Crippen LogP contribution in [-0.2, 0) is 21.0 Å². The average molecular weight is 495 g/mol. The molecule has 0 saturated carbocycles. The molecule has 1 fully saturated rings. The third kappa shape index (κ3) is 4.38. The van der Waals surface area contributed by atoms with Crippen LogP contribution in [0.1, 0.15) is 29.0 Å². The number of rotatable bonds is 5. The van der Waals surface area contributed by atoms with Crippen molar-refractivity contribution < 1.29 is 35.6 Å². The Morgan fingerprint density at radius 1 is 1.03 bits per heavy atom. The van der Waals surface area contributed by atoms with Crippen LogP contribution in [0.3, 0.4) is 0 Å². The molecule has 12 heteroatoms. The Hall–Kier alpha value is -3.38. The molecule has 3 aromatic rings. The molecule has 0 atom stereocenters. The van der Waals surface area contributed by atoms with Crippen molar-refractivity contribution in [2.45, 2.75) is 23.9 Å².